The van der Waals surface area contributed by atoms with Crippen LogP contribution >= 0.6 is 0 Å². The number of rotatable bonds is 2. The van der Waals surface area contributed by atoms with Gasteiger partial charge in [0.25, 0.3) is 5.69 Å². The SMILES string of the molecule is CC(C)(C)OC(=O)N1CCN(c2ccc([N+](=O)[O-])cc2)CC1F. The predicted molar refractivity (Wildman–Crippen MR) is 83.1 cm³/mol. The number of nitrogens with zero attached hydrogens (tertiary/aromatic N) is 3. The van der Waals surface area contributed by atoms with Crippen molar-refractivity contribution in [3.05, 3.63) is 34.4 Å². The number of carbonyl (C=O) groups is 1. The highest BCUT2D eigenvalue weighted by Gasteiger charge is 2.33. The minimum atomic E-state index is -1.49. The fraction of sp³-hybridized carbons (Fsp3) is 0.533. The highest BCUT2D eigenvalue weighted by Crippen LogP contribution is 2.23. The molecule has 0 saturated carbocycles. The van der Waals surface area contributed by atoms with E-state index in [1.807, 2.05) is 0 Å². The molecule has 1 unspecified atom stereocenters. The number of carbonyl (C=O) groups excluding carboxylic acids is 1. The van der Waals surface area contributed by atoms with E-state index in [-0.39, 0.29) is 18.8 Å². The summed E-state index contributed by atoms with van der Waals surface area (Å²) >= 11 is 0. The topological polar surface area (TPSA) is 75.9 Å². The molecule has 1 aromatic rings. The lowest BCUT2D eigenvalue weighted by Gasteiger charge is -2.39. The largest absolute Gasteiger partial charge is 0.444 e. The van der Waals surface area contributed by atoms with Crippen molar-refractivity contribution >= 4 is 17.5 Å². The molecule has 2 rings (SSSR count). The van der Waals surface area contributed by atoms with Crippen LogP contribution in [0.15, 0.2) is 24.3 Å². The molecule has 1 aliphatic heterocycles. The van der Waals surface area contributed by atoms with E-state index >= 15 is 0 Å². The van der Waals surface area contributed by atoms with E-state index in [0.717, 1.165) is 4.90 Å². The number of halogens is 1. The van der Waals surface area contributed by atoms with Gasteiger partial charge in [0.15, 0.2) is 6.30 Å². The van der Waals surface area contributed by atoms with Crippen molar-refractivity contribution in [2.75, 3.05) is 24.5 Å². The molecule has 1 saturated heterocycles. The number of nitro groups is 1. The molecule has 1 atom stereocenters. The molecule has 0 radical (unpaired) electrons. The molecule has 0 aromatic heterocycles. The predicted octanol–water partition coefficient (Wildman–Crippen LogP) is 2.95. The first-order chi connectivity index (χ1) is 10.7. The van der Waals surface area contributed by atoms with E-state index < -0.39 is 22.9 Å². The van der Waals surface area contributed by atoms with Gasteiger partial charge in [0.2, 0.25) is 0 Å². The van der Waals surface area contributed by atoms with Gasteiger partial charge in [0.1, 0.15) is 5.60 Å². The summed E-state index contributed by atoms with van der Waals surface area (Å²) in [5.41, 5.74) is -0.00761. The van der Waals surface area contributed by atoms with E-state index in [2.05, 4.69) is 0 Å². The number of benzene rings is 1. The summed E-state index contributed by atoms with van der Waals surface area (Å²) < 4.78 is 19.5. The summed E-state index contributed by atoms with van der Waals surface area (Å²) in [6.07, 6.45) is -2.16. The summed E-state index contributed by atoms with van der Waals surface area (Å²) in [5, 5.41) is 10.6. The Morgan fingerprint density at radius 3 is 2.39 bits per heavy atom. The molecule has 1 aromatic carbocycles. The first-order valence-electron chi connectivity index (χ1n) is 7.30. The molecule has 1 amide bonds. The molecule has 126 valence electrons. The Morgan fingerprint density at radius 2 is 1.91 bits per heavy atom. The van der Waals surface area contributed by atoms with Gasteiger partial charge >= 0.3 is 6.09 Å². The number of piperazine rings is 1. The van der Waals surface area contributed by atoms with Crippen LogP contribution < -0.4 is 4.90 Å². The molecule has 1 aliphatic rings. The van der Waals surface area contributed by atoms with Crippen LogP contribution in [0.1, 0.15) is 20.8 Å². The number of alkyl halides is 1. The quantitative estimate of drug-likeness (QED) is 0.475. The number of anilines is 1. The van der Waals surface area contributed by atoms with Crippen LogP contribution in [0.25, 0.3) is 0 Å². The van der Waals surface area contributed by atoms with Gasteiger partial charge in [-0.3, -0.25) is 15.0 Å². The molecule has 1 heterocycles. The average Bonchev–Trinajstić information content (AvgIpc) is 2.45. The van der Waals surface area contributed by atoms with Crippen LogP contribution in [0.4, 0.5) is 20.6 Å². The standard InChI is InChI=1S/C15H20FN3O4/c1-15(2,3)23-14(20)18-9-8-17(10-13(18)16)11-4-6-12(7-5-11)19(21)22/h4-7,13H,8-10H2,1-3H3. The monoisotopic (exact) mass is 325 g/mol. The second-order valence-corrected chi connectivity index (χ2v) is 6.33. The smallest absolute Gasteiger partial charge is 0.412 e. The Hall–Kier alpha value is -2.38. The second kappa shape index (κ2) is 6.39. The molecule has 1 fully saturated rings. The van der Waals surface area contributed by atoms with Gasteiger partial charge in [-0.2, -0.15) is 0 Å². The maximum absolute atomic E-state index is 14.3. The van der Waals surface area contributed by atoms with Gasteiger partial charge in [-0.1, -0.05) is 0 Å². The van der Waals surface area contributed by atoms with Crippen molar-refractivity contribution in [3.8, 4) is 0 Å². The lowest BCUT2D eigenvalue weighted by Crippen LogP contribution is -2.54. The van der Waals surface area contributed by atoms with Crippen LogP contribution in [0.3, 0.4) is 0 Å². The first kappa shape index (κ1) is 17.0. The number of amides is 1. The van der Waals surface area contributed by atoms with Crippen molar-refractivity contribution in [1.82, 2.24) is 4.90 Å². The number of non-ortho nitro benzene ring substituents is 1. The van der Waals surface area contributed by atoms with Crippen LogP contribution in [0.2, 0.25) is 0 Å². The van der Waals surface area contributed by atoms with Gasteiger partial charge in [0, 0.05) is 30.9 Å². The van der Waals surface area contributed by atoms with Crippen molar-refractivity contribution in [2.24, 2.45) is 0 Å². The van der Waals surface area contributed by atoms with Crippen LogP contribution in [-0.4, -0.2) is 47.4 Å². The summed E-state index contributed by atoms with van der Waals surface area (Å²) in [6.45, 7) is 5.80. The zero-order chi connectivity index (χ0) is 17.2. The minimum absolute atomic E-state index is 0.00292. The van der Waals surface area contributed by atoms with Gasteiger partial charge in [-0.05, 0) is 32.9 Å². The first-order valence-corrected chi connectivity index (χ1v) is 7.30. The zero-order valence-corrected chi connectivity index (χ0v) is 13.4. The van der Waals surface area contributed by atoms with E-state index in [1.54, 1.807) is 37.8 Å². The lowest BCUT2D eigenvalue weighted by molar-refractivity contribution is -0.384. The molecule has 0 N–H and O–H groups in total. The fourth-order valence-corrected chi connectivity index (χ4v) is 2.29. The van der Waals surface area contributed by atoms with E-state index in [0.29, 0.717) is 12.2 Å². The van der Waals surface area contributed by atoms with Gasteiger partial charge in [-0.15, -0.1) is 0 Å². The number of hydrogen-bond donors (Lipinski definition) is 0. The third kappa shape index (κ3) is 4.30. The summed E-state index contributed by atoms with van der Waals surface area (Å²) in [4.78, 5) is 24.9. The van der Waals surface area contributed by atoms with Crippen molar-refractivity contribution in [3.63, 3.8) is 0 Å². The third-order valence-electron chi connectivity index (χ3n) is 3.37. The van der Waals surface area contributed by atoms with Crippen molar-refractivity contribution < 1.29 is 18.8 Å². The highest BCUT2D eigenvalue weighted by molar-refractivity contribution is 5.69. The van der Waals surface area contributed by atoms with Crippen LogP contribution in [0.5, 0.6) is 0 Å². The molecular formula is C15H20FN3O4. The zero-order valence-electron chi connectivity index (χ0n) is 13.4. The Kier molecular flexibility index (Phi) is 4.72. The molecule has 0 spiro atoms. The molecular weight excluding hydrogens is 305 g/mol. The molecule has 0 aliphatic carbocycles. The normalized spacial score (nSPS) is 18.7. The van der Waals surface area contributed by atoms with Crippen LogP contribution in [-0.2, 0) is 4.74 Å². The van der Waals surface area contributed by atoms with E-state index in [4.69, 9.17) is 4.74 Å². The number of hydrogen-bond acceptors (Lipinski definition) is 5. The Labute approximate surface area is 133 Å². The maximum atomic E-state index is 14.3. The summed E-state index contributed by atoms with van der Waals surface area (Å²) in [7, 11) is 0. The third-order valence-corrected chi connectivity index (χ3v) is 3.37. The second-order valence-electron chi connectivity index (χ2n) is 6.33. The average molecular weight is 325 g/mol. The van der Waals surface area contributed by atoms with E-state index in [1.165, 1.54) is 12.1 Å². The van der Waals surface area contributed by atoms with Crippen molar-refractivity contribution in [2.45, 2.75) is 32.7 Å². The fourth-order valence-electron chi connectivity index (χ4n) is 2.29. The van der Waals surface area contributed by atoms with Crippen LogP contribution in [0, 0.1) is 10.1 Å². The number of ether oxygens (including phenoxy) is 1. The molecule has 0 bridgehead atoms. The molecule has 7 nitrogen and oxygen atoms in total. The Bertz CT molecular complexity index is 585. The van der Waals surface area contributed by atoms with Crippen molar-refractivity contribution in [1.29, 1.82) is 0 Å². The van der Waals surface area contributed by atoms with Gasteiger partial charge < -0.3 is 9.64 Å². The summed E-state index contributed by atoms with van der Waals surface area (Å²) in [5.74, 6) is 0. The van der Waals surface area contributed by atoms with E-state index in [9.17, 15) is 19.3 Å². The van der Waals surface area contributed by atoms with Gasteiger partial charge in [0.05, 0.1) is 11.5 Å². The minimum Gasteiger partial charge on any atom is -0.444 e. The maximum Gasteiger partial charge on any atom is 0.412 e. The molecule has 8 heteroatoms. The highest BCUT2D eigenvalue weighted by atomic mass is 19.1. The Morgan fingerprint density at radius 1 is 1.30 bits per heavy atom. The lowest BCUT2D eigenvalue weighted by atomic mass is 10.2. The summed E-state index contributed by atoms with van der Waals surface area (Å²) in [6, 6.07) is 5.91. The Balaban J connectivity index is 2.00. The van der Waals surface area contributed by atoms with Gasteiger partial charge in [-0.25, -0.2) is 9.18 Å². The molecule has 23 heavy (non-hydrogen) atoms. The number of nitro benzene ring substituents is 1.